The monoisotopic (exact) mass is 459 g/mol. The Morgan fingerprint density at radius 3 is 2.50 bits per heavy atom. The number of hydrogen-bond donors (Lipinski definition) is 0. The van der Waals surface area contributed by atoms with Gasteiger partial charge in [0.2, 0.25) is 5.91 Å². The van der Waals surface area contributed by atoms with Gasteiger partial charge in [-0.15, -0.1) is 0 Å². The highest BCUT2D eigenvalue weighted by Gasteiger charge is 2.42. The van der Waals surface area contributed by atoms with E-state index in [0.717, 1.165) is 27.2 Å². The molecule has 0 N–H and O–H groups in total. The normalized spacial score (nSPS) is 15.7. The molecule has 2 aliphatic heterocycles. The Bertz CT molecular complexity index is 1360. The molecule has 0 spiro atoms. The van der Waals surface area contributed by atoms with Crippen LogP contribution in [0.5, 0.6) is 0 Å². The third-order valence-electron chi connectivity index (χ3n) is 6.33. The zero-order valence-electron chi connectivity index (χ0n) is 18.4. The molecule has 1 aromatic heterocycles. The minimum atomic E-state index is -0.810. The van der Waals surface area contributed by atoms with Gasteiger partial charge in [0.25, 0.3) is 17.5 Å². The minimum absolute atomic E-state index is 0.0467. The summed E-state index contributed by atoms with van der Waals surface area (Å²) in [4.78, 5) is 58.1. The molecule has 172 valence electrons. The van der Waals surface area contributed by atoms with Gasteiger partial charge in [0.15, 0.2) is 0 Å². The Morgan fingerprint density at radius 1 is 1.03 bits per heavy atom. The second kappa shape index (κ2) is 8.22. The summed E-state index contributed by atoms with van der Waals surface area (Å²) >= 11 is 0. The molecular formula is C24H21N5O5. The van der Waals surface area contributed by atoms with Crippen LogP contribution in [0.4, 0.5) is 11.5 Å². The first-order valence-corrected chi connectivity index (χ1v) is 10.9. The predicted molar refractivity (Wildman–Crippen MR) is 124 cm³/mol. The number of fused-ring (bicyclic) bond motifs is 2. The average molecular weight is 459 g/mol. The van der Waals surface area contributed by atoms with Gasteiger partial charge in [-0.3, -0.25) is 29.4 Å². The molecule has 1 fully saturated rings. The van der Waals surface area contributed by atoms with Gasteiger partial charge < -0.3 is 9.80 Å². The topological polar surface area (TPSA) is 117 Å². The van der Waals surface area contributed by atoms with Crippen molar-refractivity contribution in [3.63, 3.8) is 0 Å². The van der Waals surface area contributed by atoms with Gasteiger partial charge in [0.05, 0.1) is 16.0 Å². The number of hydrogen-bond acceptors (Lipinski definition) is 7. The van der Waals surface area contributed by atoms with E-state index in [2.05, 4.69) is 4.90 Å². The van der Waals surface area contributed by atoms with E-state index < -0.39 is 29.0 Å². The van der Waals surface area contributed by atoms with E-state index in [1.54, 1.807) is 4.90 Å². The average Bonchev–Trinajstić information content (AvgIpc) is 3.09. The Balaban J connectivity index is 1.26. The molecule has 10 heteroatoms. The summed E-state index contributed by atoms with van der Waals surface area (Å²) in [5, 5.41) is 12.4. The van der Waals surface area contributed by atoms with E-state index in [9.17, 15) is 24.5 Å². The van der Waals surface area contributed by atoms with E-state index in [-0.39, 0.29) is 17.0 Å². The number of nitrogens with zero attached hydrogens (tertiary/aromatic N) is 5. The number of carbonyl (C=O) groups excluding carboxylic acids is 3. The molecule has 3 aromatic rings. The number of amides is 3. The molecule has 2 aliphatic rings. The zero-order chi connectivity index (χ0) is 24.0. The first kappa shape index (κ1) is 21.5. The fourth-order valence-electron chi connectivity index (χ4n) is 4.53. The number of pyridine rings is 1. The summed E-state index contributed by atoms with van der Waals surface area (Å²) in [5.74, 6) is -1.03. The molecule has 1 saturated heterocycles. The largest absolute Gasteiger partial charge is 0.353 e. The van der Waals surface area contributed by atoms with Crippen molar-refractivity contribution in [1.82, 2.24) is 14.8 Å². The van der Waals surface area contributed by atoms with Crippen LogP contribution in [0.25, 0.3) is 10.9 Å². The van der Waals surface area contributed by atoms with Crippen LogP contribution in [0.2, 0.25) is 0 Å². The van der Waals surface area contributed by atoms with E-state index >= 15 is 0 Å². The highest BCUT2D eigenvalue weighted by molar-refractivity contribution is 6.24. The molecule has 34 heavy (non-hydrogen) atoms. The lowest BCUT2D eigenvalue weighted by atomic mass is 10.1. The number of piperazine rings is 1. The van der Waals surface area contributed by atoms with E-state index in [1.165, 1.54) is 18.2 Å². The number of rotatable bonds is 4. The van der Waals surface area contributed by atoms with Gasteiger partial charge in [-0.25, -0.2) is 4.98 Å². The van der Waals surface area contributed by atoms with Crippen LogP contribution in [0.1, 0.15) is 26.3 Å². The molecule has 0 saturated carbocycles. The summed E-state index contributed by atoms with van der Waals surface area (Å²) in [6, 6.07) is 13.9. The number of carbonyl (C=O) groups is 3. The molecule has 0 atom stereocenters. The van der Waals surface area contributed by atoms with Gasteiger partial charge in [0.1, 0.15) is 17.9 Å². The highest BCUT2D eigenvalue weighted by Crippen LogP contribution is 2.31. The molecule has 0 bridgehead atoms. The van der Waals surface area contributed by atoms with Crippen molar-refractivity contribution in [3.05, 3.63) is 75.3 Å². The molecule has 0 radical (unpaired) electrons. The fourth-order valence-corrected chi connectivity index (χ4v) is 4.53. The zero-order valence-corrected chi connectivity index (χ0v) is 18.4. The Labute approximate surface area is 194 Å². The predicted octanol–water partition coefficient (Wildman–Crippen LogP) is 2.40. The maximum atomic E-state index is 12.9. The van der Waals surface area contributed by atoms with Crippen LogP contribution in [0, 0.1) is 17.0 Å². The van der Waals surface area contributed by atoms with Crippen LogP contribution in [0.15, 0.2) is 48.5 Å². The summed E-state index contributed by atoms with van der Waals surface area (Å²) < 4.78 is 0. The number of aromatic nitrogens is 1. The van der Waals surface area contributed by atoms with Crippen LogP contribution >= 0.6 is 0 Å². The van der Waals surface area contributed by atoms with Crippen LogP contribution in [-0.2, 0) is 4.79 Å². The number of imide groups is 1. The standard InChI is InChI=1S/C24H21N5O5/c1-15-13-20(25-18-7-3-2-5-16(15)18)26-9-11-27(12-10-26)21(30)14-28-23(31)17-6-4-8-19(29(33)34)22(17)24(28)32/h2-8,13H,9-12,14H2,1H3. The first-order chi connectivity index (χ1) is 16.3. The lowest BCUT2D eigenvalue weighted by molar-refractivity contribution is -0.385. The van der Waals surface area contributed by atoms with Crippen LogP contribution in [-0.4, -0.2) is 70.2 Å². The van der Waals surface area contributed by atoms with Crippen LogP contribution < -0.4 is 4.90 Å². The molecule has 3 heterocycles. The summed E-state index contributed by atoms with van der Waals surface area (Å²) in [6.07, 6.45) is 0. The second-order valence-electron chi connectivity index (χ2n) is 8.34. The molecule has 3 amide bonds. The molecule has 5 rings (SSSR count). The number of nitro groups is 1. The molecular weight excluding hydrogens is 438 g/mol. The molecule has 0 aliphatic carbocycles. The van der Waals surface area contributed by atoms with Gasteiger partial charge in [-0.1, -0.05) is 24.3 Å². The second-order valence-corrected chi connectivity index (χ2v) is 8.34. The van der Waals surface area contributed by atoms with Crippen molar-refractivity contribution in [1.29, 1.82) is 0 Å². The van der Waals surface area contributed by atoms with Crippen molar-refractivity contribution in [3.8, 4) is 0 Å². The number of anilines is 1. The summed E-state index contributed by atoms with van der Waals surface area (Å²) in [7, 11) is 0. The third-order valence-corrected chi connectivity index (χ3v) is 6.33. The first-order valence-electron chi connectivity index (χ1n) is 10.9. The Morgan fingerprint density at radius 2 is 1.76 bits per heavy atom. The minimum Gasteiger partial charge on any atom is -0.353 e. The number of aryl methyl sites for hydroxylation is 1. The maximum absolute atomic E-state index is 12.9. The summed E-state index contributed by atoms with van der Waals surface area (Å²) in [6.45, 7) is 3.54. The van der Waals surface area contributed by atoms with Gasteiger partial charge in [-0.05, 0) is 30.7 Å². The smallest absolute Gasteiger partial charge is 0.282 e. The van der Waals surface area contributed by atoms with Crippen molar-refractivity contribution in [2.24, 2.45) is 0 Å². The lowest BCUT2D eigenvalue weighted by Crippen LogP contribution is -2.52. The van der Waals surface area contributed by atoms with E-state index in [4.69, 9.17) is 4.98 Å². The lowest BCUT2D eigenvalue weighted by Gasteiger charge is -2.36. The van der Waals surface area contributed by atoms with Crippen molar-refractivity contribution in [2.45, 2.75) is 6.92 Å². The third kappa shape index (κ3) is 3.53. The molecule has 0 unspecified atom stereocenters. The number of benzene rings is 2. The van der Waals surface area contributed by atoms with Gasteiger partial charge in [-0.2, -0.15) is 0 Å². The van der Waals surface area contributed by atoms with Crippen molar-refractivity contribution in [2.75, 3.05) is 37.6 Å². The Kier molecular flexibility index (Phi) is 5.20. The maximum Gasteiger partial charge on any atom is 0.282 e. The number of nitro benzene ring substituents is 1. The van der Waals surface area contributed by atoms with Gasteiger partial charge >= 0.3 is 0 Å². The van der Waals surface area contributed by atoms with Crippen molar-refractivity contribution < 1.29 is 19.3 Å². The quantitative estimate of drug-likeness (QED) is 0.334. The summed E-state index contributed by atoms with van der Waals surface area (Å²) in [5.41, 5.74) is 1.30. The Hall–Kier alpha value is -4.34. The van der Waals surface area contributed by atoms with Crippen molar-refractivity contribution >= 4 is 40.1 Å². The SMILES string of the molecule is Cc1cc(N2CCN(C(=O)CN3C(=O)c4cccc([N+](=O)[O-])c4C3=O)CC2)nc2ccccc12. The molecule has 10 nitrogen and oxygen atoms in total. The van der Waals surface area contributed by atoms with E-state index in [0.29, 0.717) is 26.2 Å². The highest BCUT2D eigenvalue weighted by atomic mass is 16.6. The van der Waals surface area contributed by atoms with Crippen LogP contribution in [0.3, 0.4) is 0 Å². The number of para-hydroxylation sites is 1. The van der Waals surface area contributed by atoms with Gasteiger partial charge in [0, 0.05) is 37.6 Å². The van der Waals surface area contributed by atoms with E-state index in [1.807, 2.05) is 37.3 Å². The molecule has 2 aromatic carbocycles. The fraction of sp³-hybridized carbons (Fsp3) is 0.250.